The molecule has 0 aliphatic heterocycles. The SMILES string of the molecule is Cc1ccc(Oc2ccc(CO)cc2C#N)cc1C(F)(F)F. The Bertz CT molecular complexity index is 733. The second-order valence-electron chi connectivity index (χ2n) is 4.68. The highest BCUT2D eigenvalue weighted by Gasteiger charge is 2.32. The topological polar surface area (TPSA) is 53.2 Å². The van der Waals surface area contributed by atoms with Crippen LogP contribution in [0.4, 0.5) is 13.2 Å². The third-order valence-corrected chi connectivity index (χ3v) is 3.09. The van der Waals surface area contributed by atoms with E-state index in [-0.39, 0.29) is 29.2 Å². The van der Waals surface area contributed by atoms with Crippen molar-refractivity contribution in [3.8, 4) is 17.6 Å². The number of ether oxygens (including phenoxy) is 1. The molecule has 1 N–H and O–H groups in total. The first kappa shape index (κ1) is 15.9. The fourth-order valence-electron chi connectivity index (χ4n) is 1.95. The molecule has 0 spiro atoms. The third-order valence-electron chi connectivity index (χ3n) is 3.09. The lowest BCUT2D eigenvalue weighted by Crippen LogP contribution is -2.07. The lowest BCUT2D eigenvalue weighted by Gasteiger charge is -2.13. The number of halogens is 3. The van der Waals surface area contributed by atoms with Crippen LogP contribution in [0.5, 0.6) is 11.5 Å². The van der Waals surface area contributed by atoms with Gasteiger partial charge in [-0.15, -0.1) is 0 Å². The van der Waals surface area contributed by atoms with Gasteiger partial charge in [0, 0.05) is 0 Å². The Hall–Kier alpha value is -2.52. The average molecular weight is 307 g/mol. The summed E-state index contributed by atoms with van der Waals surface area (Å²) in [6.07, 6.45) is -4.47. The zero-order chi connectivity index (χ0) is 16.3. The van der Waals surface area contributed by atoms with Gasteiger partial charge in [0.2, 0.25) is 0 Å². The van der Waals surface area contributed by atoms with Crippen molar-refractivity contribution in [2.24, 2.45) is 0 Å². The first-order chi connectivity index (χ1) is 10.3. The average Bonchev–Trinajstić information content (AvgIpc) is 2.48. The maximum atomic E-state index is 12.9. The lowest BCUT2D eigenvalue weighted by atomic mass is 10.1. The molecule has 0 fully saturated rings. The summed E-state index contributed by atoms with van der Waals surface area (Å²) >= 11 is 0. The largest absolute Gasteiger partial charge is 0.456 e. The molecule has 0 saturated heterocycles. The van der Waals surface area contributed by atoms with Gasteiger partial charge in [-0.25, -0.2) is 0 Å². The standard InChI is InChI=1S/C16H12F3NO2/c1-10-2-4-13(7-14(10)16(17,18)19)22-15-5-3-11(9-21)6-12(15)8-20/h2-7,21H,9H2,1H3. The Labute approximate surface area is 125 Å². The number of aliphatic hydroxyl groups is 1. The Morgan fingerprint density at radius 1 is 1.18 bits per heavy atom. The van der Waals surface area contributed by atoms with E-state index < -0.39 is 11.7 Å². The minimum Gasteiger partial charge on any atom is -0.456 e. The molecule has 0 amide bonds. The molecule has 0 atom stereocenters. The molecular formula is C16H12F3NO2. The zero-order valence-corrected chi connectivity index (χ0v) is 11.6. The second-order valence-corrected chi connectivity index (χ2v) is 4.68. The molecular weight excluding hydrogens is 295 g/mol. The van der Waals surface area contributed by atoms with Crippen molar-refractivity contribution in [2.45, 2.75) is 19.7 Å². The molecule has 6 heteroatoms. The van der Waals surface area contributed by atoms with E-state index in [1.54, 1.807) is 0 Å². The van der Waals surface area contributed by atoms with Gasteiger partial charge in [0.25, 0.3) is 0 Å². The normalized spacial score (nSPS) is 11.1. The maximum absolute atomic E-state index is 12.9. The van der Waals surface area contributed by atoms with Crippen LogP contribution in [-0.2, 0) is 12.8 Å². The number of rotatable bonds is 3. The number of aliphatic hydroxyl groups excluding tert-OH is 1. The van der Waals surface area contributed by atoms with Crippen molar-refractivity contribution in [1.82, 2.24) is 0 Å². The summed E-state index contributed by atoms with van der Waals surface area (Å²) in [7, 11) is 0. The summed E-state index contributed by atoms with van der Waals surface area (Å²) in [5, 5.41) is 18.1. The van der Waals surface area contributed by atoms with E-state index in [2.05, 4.69) is 0 Å². The van der Waals surface area contributed by atoms with Gasteiger partial charge in [-0.05, 0) is 42.3 Å². The molecule has 2 aromatic carbocycles. The Morgan fingerprint density at radius 3 is 2.50 bits per heavy atom. The van der Waals surface area contributed by atoms with Crippen molar-refractivity contribution < 1.29 is 23.0 Å². The molecule has 0 unspecified atom stereocenters. The fraction of sp³-hybridized carbons (Fsp3) is 0.188. The molecule has 0 heterocycles. The van der Waals surface area contributed by atoms with E-state index in [1.165, 1.54) is 37.3 Å². The number of alkyl halides is 3. The number of benzene rings is 2. The third kappa shape index (κ3) is 3.38. The number of nitrogens with zero attached hydrogens (tertiary/aromatic N) is 1. The fourth-order valence-corrected chi connectivity index (χ4v) is 1.95. The van der Waals surface area contributed by atoms with E-state index in [0.29, 0.717) is 5.56 Å². The molecule has 2 rings (SSSR count). The van der Waals surface area contributed by atoms with E-state index in [9.17, 15) is 13.2 Å². The van der Waals surface area contributed by atoms with Crippen LogP contribution < -0.4 is 4.74 Å². The van der Waals surface area contributed by atoms with Crippen LogP contribution in [0.2, 0.25) is 0 Å². The highest BCUT2D eigenvalue weighted by molar-refractivity contribution is 5.48. The van der Waals surface area contributed by atoms with Crippen LogP contribution in [0.15, 0.2) is 36.4 Å². The molecule has 0 aliphatic rings. The van der Waals surface area contributed by atoms with E-state index in [0.717, 1.165) is 6.07 Å². The van der Waals surface area contributed by atoms with Crippen LogP contribution in [0.3, 0.4) is 0 Å². The Kier molecular flexibility index (Phi) is 4.38. The molecule has 0 aromatic heterocycles. The molecule has 0 bridgehead atoms. The quantitative estimate of drug-likeness (QED) is 0.926. The molecule has 3 nitrogen and oxygen atoms in total. The van der Waals surface area contributed by atoms with Crippen molar-refractivity contribution >= 4 is 0 Å². The van der Waals surface area contributed by atoms with E-state index in [4.69, 9.17) is 15.1 Å². The monoisotopic (exact) mass is 307 g/mol. The molecule has 0 saturated carbocycles. The molecule has 114 valence electrons. The predicted molar refractivity (Wildman–Crippen MR) is 73.3 cm³/mol. The van der Waals surface area contributed by atoms with Gasteiger partial charge >= 0.3 is 6.18 Å². The van der Waals surface area contributed by atoms with Gasteiger partial charge in [-0.3, -0.25) is 0 Å². The lowest BCUT2D eigenvalue weighted by molar-refractivity contribution is -0.138. The minimum absolute atomic E-state index is 0.00817. The number of hydrogen-bond acceptors (Lipinski definition) is 3. The summed E-state index contributed by atoms with van der Waals surface area (Å²) in [6, 6.07) is 9.91. The maximum Gasteiger partial charge on any atom is 0.416 e. The first-order valence-electron chi connectivity index (χ1n) is 6.34. The minimum atomic E-state index is -4.47. The molecule has 0 aliphatic carbocycles. The number of aryl methyl sites for hydroxylation is 1. The van der Waals surface area contributed by atoms with Crippen LogP contribution in [-0.4, -0.2) is 5.11 Å². The van der Waals surface area contributed by atoms with E-state index in [1.807, 2.05) is 6.07 Å². The number of hydrogen-bond donors (Lipinski definition) is 1. The van der Waals surface area contributed by atoms with Gasteiger partial charge in [-0.1, -0.05) is 12.1 Å². The zero-order valence-electron chi connectivity index (χ0n) is 11.6. The summed E-state index contributed by atoms with van der Waals surface area (Å²) < 4.78 is 44.0. The van der Waals surface area contributed by atoms with E-state index >= 15 is 0 Å². The summed E-state index contributed by atoms with van der Waals surface area (Å²) in [5.41, 5.74) is -0.0315. The van der Waals surface area contributed by atoms with Crippen LogP contribution in [0.1, 0.15) is 22.3 Å². The van der Waals surface area contributed by atoms with Crippen molar-refractivity contribution in [2.75, 3.05) is 0 Å². The highest BCUT2D eigenvalue weighted by Crippen LogP contribution is 2.35. The summed E-state index contributed by atoms with van der Waals surface area (Å²) in [4.78, 5) is 0. The van der Waals surface area contributed by atoms with Gasteiger partial charge in [0.05, 0.1) is 17.7 Å². The van der Waals surface area contributed by atoms with Crippen LogP contribution >= 0.6 is 0 Å². The van der Waals surface area contributed by atoms with Crippen molar-refractivity contribution in [3.63, 3.8) is 0 Å². The van der Waals surface area contributed by atoms with Crippen molar-refractivity contribution in [1.29, 1.82) is 5.26 Å². The van der Waals surface area contributed by atoms with Gasteiger partial charge in [0.15, 0.2) is 0 Å². The van der Waals surface area contributed by atoms with Gasteiger partial charge in [0.1, 0.15) is 17.6 Å². The first-order valence-corrected chi connectivity index (χ1v) is 6.34. The molecule has 22 heavy (non-hydrogen) atoms. The highest BCUT2D eigenvalue weighted by atomic mass is 19.4. The Balaban J connectivity index is 2.38. The second kappa shape index (κ2) is 6.08. The smallest absolute Gasteiger partial charge is 0.416 e. The van der Waals surface area contributed by atoms with Crippen molar-refractivity contribution in [3.05, 3.63) is 58.7 Å². The van der Waals surface area contributed by atoms with Gasteiger partial charge in [-0.2, -0.15) is 18.4 Å². The molecule has 0 radical (unpaired) electrons. The summed E-state index contributed by atoms with van der Waals surface area (Å²) in [6.45, 7) is 1.13. The Morgan fingerprint density at radius 2 is 1.91 bits per heavy atom. The summed E-state index contributed by atoms with van der Waals surface area (Å²) in [5.74, 6) is 0.128. The number of nitriles is 1. The van der Waals surface area contributed by atoms with Crippen LogP contribution in [0, 0.1) is 18.3 Å². The molecule has 2 aromatic rings. The predicted octanol–water partition coefficient (Wildman–Crippen LogP) is 4.17. The van der Waals surface area contributed by atoms with Crippen LogP contribution in [0.25, 0.3) is 0 Å². The van der Waals surface area contributed by atoms with Gasteiger partial charge < -0.3 is 9.84 Å².